The third-order valence-corrected chi connectivity index (χ3v) is 0.143. The van der Waals surface area contributed by atoms with Gasteiger partial charge in [0.2, 0.25) is 0 Å². The van der Waals surface area contributed by atoms with Crippen molar-refractivity contribution in [3.05, 3.63) is 11.9 Å². The van der Waals surface area contributed by atoms with Crippen LogP contribution in [0.3, 0.4) is 0 Å². The maximum Gasteiger partial charge on any atom is 0.0979 e. The van der Waals surface area contributed by atoms with Gasteiger partial charge in [-0.25, -0.2) is 4.39 Å². The molecule has 0 nitrogen and oxygen atoms in total. The predicted molar refractivity (Wildman–Crippen MR) is 16.1 cm³/mol. The molecule has 0 aromatic rings. The summed E-state index contributed by atoms with van der Waals surface area (Å²) in [6.45, 7) is 0. The summed E-state index contributed by atoms with van der Waals surface area (Å²) in [7, 11) is 0. The fourth-order valence-electron chi connectivity index (χ4n) is 0. The van der Waals surface area contributed by atoms with Crippen LogP contribution >= 0.6 is 11.6 Å². The highest BCUT2D eigenvalue weighted by molar-refractivity contribution is 6.25. The largest absolute Gasteiger partial charge is 0.215 e. The Labute approximate surface area is 28.9 Å². The minimum absolute atomic E-state index is 0.265. The Morgan fingerprint density at radius 3 is 2.00 bits per heavy atom. The van der Waals surface area contributed by atoms with Crippen LogP contribution < -0.4 is 0 Å². The molecule has 0 aromatic carbocycles. The molecule has 2 heteroatoms. The molecule has 0 spiro atoms. The van der Waals surface area contributed by atoms with E-state index in [1.54, 1.807) is 0 Å². The average molecular weight is 80.5 g/mol. The lowest BCUT2D eigenvalue weighted by Gasteiger charge is -1.43. The Balaban J connectivity index is 2.55. The molecule has 0 fully saturated rings. The Morgan fingerprint density at radius 1 is 1.75 bits per heavy atom. The number of hydrogen-bond donors (Lipinski definition) is 0. The van der Waals surface area contributed by atoms with Crippen molar-refractivity contribution in [2.45, 2.75) is 0 Å². The second-order valence-corrected chi connectivity index (χ2v) is 0.504. The maximum atomic E-state index is 10.4. The summed E-state index contributed by atoms with van der Waals surface area (Å²) in [5.74, 6) is 0. The van der Waals surface area contributed by atoms with Crippen molar-refractivity contribution in [1.29, 1.82) is 0 Å². The van der Waals surface area contributed by atoms with Crippen molar-refractivity contribution >= 4 is 11.6 Å². The molecule has 0 radical (unpaired) electrons. The molecule has 0 saturated heterocycles. The Kier molecular flexibility index (Phi) is 2.93. The maximum absolute atomic E-state index is 10.4. The van der Waals surface area contributed by atoms with Crippen molar-refractivity contribution in [2.75, 3.05) is 0 Å². The van der Waals surface area contributed by atoms with Crippen molar-refractivity contribution in [3.8, 4) is 0 Å². The first-order chi connectivity index (χ1) is 1.91. The molecular weight excluding hydrogens is 78.5 g/mol. The summed E-state index contributed by atoms with van der Waals surface area (Å²) in [6.07, 6.45) is 0.265. The molecule has 0 bridgehead atoms. The zero-order valence-corrected chi connectivity index (χ0v) is 2.67. The summed E-state index contributed by atoms with van der Waals surface area (Å²) in [5, 5.41) is 0. The highest BCUT2D eigenvalue weighted by Crippen LogP contribution is 1.73. The molecule has 0 unspecified atom stereocenters. The van der Waals surface area contributed by atoms with E-state index in [1.165, 1.54) is 0 Å². The van der Waals surface area contributed by atoms with Crippen LogP contribution in [0, 0.1) is 0 Å². The molecule has 24 valence electrons. The lowest BCUT2D eigenvalue weighted by Crippen LogP contribution is -1.14. The normalized spacial score (nSPS) is 9.50. The van der Waals surface area contributed by atoms with Crippen LogP contribution in [0.25, 0.3) is 0 Å². The summed E-state index contributed by atoms with van der Waals surface area (Å²) in [6, 6.07) is 0. The van der Waals surface area contributed by atoms with Crippen LogP contribution in [0.1, 0.15) is 0 Å². The van der Waals surface area contributed by atoms with Crippen molar-refractivity contribution in [1.82, 2.24) is 0 Å². The quantitative estimate of drug-likeness (QED) is 0.415. The Hall–Kier alpha value is -0.0400. The second kappa shape index (κ2) is 2.96. The predicted octanol–water partition coefficient (Wildman–Crippen LogP) is 1.67. The van der Waals surface area contributed by atoms with Gasteiger partial charge < -0.3 is 0 Å². The highest BCUT2D eigenvalue weighted by atomic mass is 35.5. The van der Waals surface area contributed by atoms with Crippen LogP contribution in [0.4, 0.5) is 4.39 Å². The van der Waals surface area contributed by atoms with Gasteiger partial charge in [0, 0.05) is 5.54 Å². The fraction of sp³-hybridized carbons (Fsp3) is 0. The van der Waals surface area contributed by atoms with Crippen molar-refractivity contribution in [2.24, 2.45) is 0 Å². The van der Waals surface area contributed by atoms with Crippen LogP contribution in [-0.2, 0) is 0 Å². The zero-order valence-electron chi connectivity index (χ0n) is 1.91. The topological polar surface area (TPSA) is 0 Å². The monoisotopic (exact) mass is 80.0 g/mol. The standard InChI is InChI=1S/C2H2ClF/c3-1-2-4/h1-2H. The van der Waals surface area contributed by atoms with Gasteiger partial charge in [-0.2, -0.15) is 0 Å². The van der Waals surface area contributed by atoms with Gasteiger partial charge in [-0.05, 0) is 0 Å². The molecule has 0 atom stereocenters. The summed E-state index contributed by atoms with van der Waals surface area (Å²) < 4.78 is 10.4. The average Bonchev–Trinajstić information content (AvgIpc) is 1.37. The first-order valence-corrected chi connectivity index (χ1v) is 1.21. The molecule has 0 heterocycles. The second-order valence-electron chi connectivity index (χ2n) is 0.252. The minimum atomic E-state index is 0.265. The zero-order chi connectivity index (χ0) is 3.41. The minimum Gasteiger partial charge on any atom is -0.215 e. The molecule has 0 aliphatic carbocycles. The molecule has 0 aliphatic heterocycles. The molecule has 0 aromatic heterocycles. The third kappa shape index (κ3) is 1.96. The van der Waals surface area contributed by atoms with E-state index in [-0.39, 0.29) is 6.33 Å². The molecule has 4 heavy (non-hydrogen) atoms. The van der Waals surface area contributed by atoms with Gasteiger partial charge in [-0.15, -0.1) is 0 Å². The van der Waals surface area contributed by atoms with Crippen LogP contribution in [0.2, 0.25) is 0 Å². The van der Waals surface area contributed by atoms with Crippen molar-refractivity contribution in [3.63, 3.8) is 0 Å². The summed E-state index contributed by atoms with van der Waals surface area (Å²) in [4.78, 5) is 0. The van der Waals surface area contributed by atoms with Gasteiger partial charge in [-0.1, -0.05) is 11.6 Å². The number of rotatable bonds is 0. The third-order valence-electron chi connectivity index (χ3n) is 0.0476. The Morgan fingerprint density at radius 2 is 2.00 bits per heavy atom. The fourth-order valence-corrected chi connectivity index (χ4v) is 0. The van der Waals surface area contributed by atoms with Gasteiger partial charge >= 0.3 is 0 Å². The van der Waals surface area contributed by atoms with Crippen molar-refractivity contribution < 1.29 is 4.39 Å². The van der Waals surface area contributed by atoms with E-state index in [0.717, 1.165) is 5.54 Å². The lowest BCUT2D eigenvalue weighted by atomic mass is 11.2. The van der Waals surface area contributed by atoms with Crippen LogP contribution in [-0.4, -0.2) is 0 Å². The first-order valence-electron chi connectivity index (χ1n) is 0.770. The van der Waals surface area contributed by atoms with E-state index < -0.39 is 0 Å². The lowest BCUT2D eigenvalue weighted by molar-refractivity contribution is 0.723. The number of halogens is 2. The van der Waals surface area contributed by atoms with Crippen LogP contribution in [0.5, 0.6) is 0 Å². The van der Waals surface area contributed by atoms with Crippen LogP contribution in [0.15, 0.2) is 11.9 Å². The van der Waals surface area contributed by atoms with Gasteiger partial charge in [0.25, 0.3) is 0 Å². The van der Waals surface area contributed by atoms with E-state index in [9.17, 15) is 4.39 Å². The van der Waals surface area contributed by atoms with Gasteiger partial charge in [0.05, 0.1) is 6.33 Å². The van der Waals surface area contributed by atoms with E-state index in [1.807, 2.05) is 0 Å². The van der Waals surface area contributed by atoms with E-state index in [0.29, 0.717) is 0 Å². The molecular formula is C2H2ClF. The van der Waals surface area contributed by atoms with Gasteiger partial charge in [-0.3, -0.25) is 0 Å². The summed E-state index contributed by atoms with van der Waals surface area (Å²) >= 11 is 4.63. The SMILES string of the molecule is FC=CCl. The molecule has 0 amide bonds. The van der Waals surface area contributed by atoms with E-state index in [2.05, 4.69) is 11.6 Å². The van der Waals surface area contributed by atoms with Gasteiger partial charge in [0.15, 0.2) is 0 Å². The molecule has 0 aliphatic rings. The molecule has 0 rings (SSSR count). The van der Waals surface area contributed by atoms with Gasteiger partial charge in [0.1, 0.15) is 0 Å². The Bertz CT molecular complexity index is 21.2. The van der Waals surface area contributed by atoms with E-state index >= 15 is 0 Å². The smallest absolute Gasteiger partial charge is 0.0979 e. The highest BCUT2D eigenvalue weighted by Gasteiger charge is 1.41. The summed E-state index contributed by atoms with van der Waals surface area (Å²) in [5.41, 5.74) is 0.806. The molecule has 0 saturated carbocycles. The molecule has 0 N–H and O–H groups in total. The first kappa shape index (κ1) is 3.96. The number of hydrogen-bond acceptors (Lipinski definition) is 0. The van der Waals surface area contributed by atoms with E-state index in [4.69, 9.17) is 0 Å².